The molecule has 0 bridgehead atoms. The third-order valence-corrected chi connectivity index (χ3v) is 1.92. The van der Waals surface area contributed by atoms with Crippen molar-refractivity contribution in [3.8, 4) is 0 Å². The highest BCUT2D eigenvalue weighted by molar-refractivity contribution is 5.69. The summed E-state index contributed by atoms with van der Waals surface area (Å²) in [6.45, 7) is 3.81. The van der Waals surface area contributed by atoms with Gasteiger partial charge in [-0.3, -0.25) is 4.79 Å². The van der Waals surface area contributed by atoms with Crippen LogP contribution in [0.1, 0.15) is 46.0 Å². The van der Waals surface area contributed by atoms with Crippen LogP contribution >= 0.6 is 0 Å². The van der Waals surface area contributed by atoms with Gasteiger partial charge in [-0.1, -0.05) is 26.7 Å². The molecule has 0 unspecified atom stereocenters. The lowest BCUT2D eigenvalue weighted by atomic mass is 10.1. The largest absolute Gasteiger partial charge is 0.460 e. The molecule has 0 aromatic heterocycles. The van der Waals surface area contributed by atoms with Crippen molar-refractivity contribution in [2.24, 2.45) is 0 Å². The number of carbonyl (C=O) groups excluding carboxylic acids is 1. The normalized spacial score (nSPS) is 12.5. The van der Waals surface area contributed by atoms with E-state index >= 15 is 0 Å². The van der Waals surface area contributed by atoms with Crippen LogP contribution in [-0.4, -0.2) is 23.8 Å². The monoisotopic (exact) mass is 188 g/mol. The Balaban J connectivity index is 3.56. The molecule has 0 rings (SSSR count). The Labute approximate surface area is 80.1 Å². The highest BCUT2D eigenvalue weighted by atomic mass is 16.5. The molecule has 78 valence electrons. The van der Waals surface area contributed by atoms with E-state index in [2.05, 4.69) is 6.92 Å². The van der Waals surface area contributed by atoms with Crippen LogP contribution in [0.4, 0.5) is 0 Å². The van der Waals surface area contributed by atoms with Crippen molar-refractivity contribution in [1.29, 1.82) is 0 Å². The van der Waals surface area contributed by atoms with Crippen LogP contribution < -0.4 is 0 Å². The quantitative estimate of drug-likeness (QED) is 0.490. The van der Waals surface area contributed by atoms with E-state index in [4.69, 9.17) is 9.84 Å². The topological polar surface area (TPSA) is 46.5 Å². The first kappa shape index (κ1) is 12.4. The van der Waals surface area contributed by atoms with E-state index < -0.39 is 0 Å². The van der Waals surface area contributed by atoms with Gasteiger partial charge in [0.1, 0.15) is 6.10 Å². The van der Waals surface area contributed by atoms with Crippen LogP contribution in [0.15, 0.2) is 0 Å². The van der Waals surface area contributed by atoms with Crippen molar-refractivity contribution in [2.75, 3.05) is 6.61 Å². The average molecular weight is 188 g/mol. The molecule has 0 aromatic carbocycles. The lowest BCUT2D eigenvalue weighted by Gasteiger charge is -2.14. The first-order valence-electron chi connectivity index (χ1n) is 5.04. The summed E-state index contributed by atoms with van der Waals surface area (Å²) in [5, 5.41) is 8.89. The summed E-state index contributed by atoms with van der Waals surface area (Å²) in [6.07, 6.45) is 4.14. The molecule has 0 heterocycles. The number of hydrogen-bond acceptors (Lipinski definition) is 3. The first-order chi connectivity index (χ1) is 6.24. The fraction of sp³-hybridized carbons (Fsp3) is 0.900. The minimum atomic E-state index is -0.293. The van der Waals surface area contributed by atoms with E-state index in [1.165, 1.54) is 0 Å². The minimum Gasteiger partial charge on any atom is -0.460 e. The van der Waals surface area contributed by atoms with Crippen molar-refractivity contribution < 1.29 is 14.6 Å². The van der Waals surface area contributed by atoms with E-state index in [0.717, 1.165) is 25.7 Å². The van der Waals surface area contributed by atoms with Crippen molar-refractivity contribution in [3.05, 3.63) is 0 Å². The van der Waals surface area contributed by atoms with Gasteiger partial charge in [-0.15, -0.1) is 0 Å². The third kappa shape index (κ3) is 6.58. The fourth-order valence-corrected chi connectivity index (χ4v) is 1.08. The van der Waals surface area contributed by atoms with E-state index in [1.54, 1.807) is 6.92 Å². The second-order valence-corrected chi connectivity index (χ2v) is 3.14. The van der Waals surface area contributed by atoms with Crippen LogP contribution in [0.3, 0.4) is 0 Å². The summed E-state index contributed by atoms with van der Waals surface area (Å²) >= 11 is 0. The summed E-state index contributed by atoms with van der Waals surface area (Å²) in [4.78, 5) is 10.9. The van der Waals surface area contributed by atoms with Gasteiger partial charge in [0.25, 0.3) is 0 Å². The molecular formula is C10H20O3. The lowest BCUT2D eigenvalue weighted by molar-refractivity contribution is -0.151. The van der Waals surface area contributed by atoms with Gasteiger partial charge in [0.2, 0.25) is 0 Å². The molecule has 13 heavy (non-hydrogen) atoms. The molecule has 0 amide bonds. The van der Waals surface area contributed by atoms with Gasteiger partial charge < -0.3 is 9.84 Å². The molecule has 0 aromatic rings. The Hall–Kier alpha value is -0.570. The van der Waals surface area contributed by atoms with Gasteiger partial charge in [-0.05, 0) is 12.8 Å². The maximum atomic E-state index is 10.9. The molecule has 0 saturated carbocycles. The Morgan fingerprint density at radius 2 is 2.08 bits per heavy atom. The zero-order valence-electron chi connectivity index (χ0n) is 8.58. The molecule has 1 atom stereocenters. The maximum Gasteiger partial charge on any atom is 0.305 e. The Morgan fingerprint density at radius 1 is 1.38 bits per heavy atom. The minimum absolute atomic E-state index is 0.0601. The summed E-state index contributed by atoms with van der Waals surface area (Å²) in [5.74, 6) is -0.226. The molecule has 1 N–H and O–H groups in total. The van der Waals surface area contributed by atoms with Crippen LogP contribution in [0.25, 0.3) is 0 Å². The lowest BCUT2D eigenvalue weighted by Crippen LogP contribution is -2.21. The molecule has 0 aliphatic heterocycles. The van der Waals surface area contributed by atoms with Gasteiger partial charge in [0.05, 0.1) is 6.61 Å². The predicted molar refractivity (Wildman–Crippen MR) is 51.4 cm³/mol. The summed E-state index contributed by atoms with van der Waals surface area (Å²) < 4.78 is 5.01. The van der Waals surface area contributed by atoms with Crippen molar-refractivity contribution in [1.82, 2.24) is 0 Å². The Bertz CT molecular complexity index is 134. The van der Waals surface area contributed by atoms with E-state index in [-0.39, 0.29) is 18.7 Å². The predicted octanol–water partition coefficient (Wildman–Crippen LogP) is 1.88. The van der Waals surface area contributed by atoms with Gasteiger partial charge in [-0.25, -0.2) is 0 Å². The van der Waals surface area contributed by atoms with Crippen molar-refractivity contribution in [3.63, 3.8) is 0 Å². The zero-order valence-corrected chi connectivity index (χ0v) is 8.58. The van der Waals surface area contributed by atoms with Crippen LogP contribution in [0.2, 0.25) is 0 Å². The van der Waals surface area contributed by atoms with Crippen molar-refractivity contribution in [2.45, 2.75) is 52.1 Å². The molecule has 0 aliphatic rings. The number of hydrogen-bond donors (Lipinski definition) is 1. The van der Waals surface area contributed by atoms with Gasteiger partial charge in [0.15, 0.2) is 0 Å². The molecular weight excluding hydrogens is 168 g/mol. The van der Waals surface area contributed by atoms with Gasteiger partial charge in [-0.2, -0.15) is 0 Å². The highest BCUT2D eigenvalue weighted by Gasteiger charge is 2.10. The first-order valence-corrected chi connectivity index (χ1v) is 5.04. The smallest absolute Gasteiger partial charge is 0.305 e. The number of unbranched alkanes of at least 4 members (excludes halogenated alkanes) is 2. The van der Waals surface area contributed by atoms with Crippen LogP contribution in [0.5, 0.6) is 0 Å². The van der Waals surface area contributed by atoms with Crippen LogP contribution in [0, 0.1) is 0 Å². The number of esters is 1. The maximum absolute atomic E-state index is 10.9. The third-order valence-electron chi connectivity index (χ3n) is 1.92. The van der Waals surface area contributed by atoms with Gasteiger partial charge >= 0.3 is 5.97 Å². The molecule has 3 nitrogen and oxygen atoms in total. The molecule has 0 aliphatic carbocycles. The number of rotatable bonds is 7. The summed E-state index contributed by atoms with van der Waals surface area (Å²) in [7, 11) is 0. The Morgan fingerprint density at radius 3 is 2.54 bits per heavy atom. The second-order valence-electron chi connectivity index (χ2n) is 3.14. The Kier molecular flexibility index (Phi) is 7.69. The van der Waals surface area contributed by atoms with E-state index in [9.17, 15) is 4.79 Å². The second kappa shape index (κ2) is 8.05. The molecule has 0 fully saturated rings. The standard InChI is InChI=1S/C10H20O3/c1-3-5-6-7-9(8-11)13-10(12)4-2/h9,11H,3-8H2,1-2H3/t9-/m0/s1. The molecule has 0 radical (unpaired) electrons. The number of ether oxygens (including phenoxy) is 1. The molecule has 3 heteroatoms. The zero-order chi connectivity index (χ0) is 10.1. The number of aliphatic hydroxyl groups excluding tert-OH is 1. The number of aliphatic hydroxyl groups is 1. The molecule has 0 spiro atoms. The summed E-state index contributed by atoms with van der Waals surface area (Å²) in [5.41, 5.74) is 0. The average Bonchev–Trinajstić information content (AvgIpc) is 2.16. The van der Waals surface area contributed by atoms with Crippen LogP contribution in [-0.2, 0) is 9.53 Å². The van der Waals surface area contributed by atoms with E-state index in [0.29, 0.717) is 6.42 Å². The SMILES string of the molecule is CCCCC[C@@H](CO)OC(=O)CC. The summed E-state index contributed by atoms with van der Waals surface area (Å²) in [6, 6.07) is 0. The highest BCUT2D eigenvalue weighted by Crippen LogP contribution is 2.07. The van der Waals surface area contributed by atoms with E-state index in [1.807, 2.05) is 0 Å². The van der Waals surface area contributed by atoms with Gasteiger partial charge in [0, 0.05) is 6.42 Å². The van der Waals surface area contributed by atoms with Crippen molar-refractivity contribution >= 4 is 5.97 Å². The number of carbonyl (C=O) groups is 1. The molecule has 0 saturated heterocycles. The fourth-order valence-electron chi connectivity index (χ4n) is 1.08.